The standard InChI is InChI=1S/C22H24N4O2S/c1-14-24-18(11-19(25-14)21-5-3-9-29-21)17-13-26-7-6-15(17)10-16(26)12-23-22(27)20-4-2-8-28-20/h2-5,8-9,11,15-17H,6-7,10,12-13H2,1H3,(H,23,27). The van der Waals surface area contributed by atoms with E-state index in [0.29, 0.717) is 30.2 Å². The lowest BCUT2D eigenvalue weighted by Gasteiger charge is -2.49. The molecule has 0 radical (unpaired) electrons. The van der Waals surface area contributed by atoms with E-state index < -0.39 is 0 Å². The third kappa shape index (κ3) is 3.72. The maximum absolute atomic E-state index is 12.2. The van der Waals surface area contributed by atoms with Gasteiger partial charge in [0.1, 0.15) is 5.82 Å². The fourth-order valence-electron chi connectivity index (χ4n) is 4.72. The van der Waals surface area contributed by atoms with Crippen LogP contribution < -0.4 is 5.32 Å². The number of nitrogens with one attached hydrogen (secondary N) is 1. The van der Waals surface area contributed by atoms with Gasteiger partial charge in [0.25, 0.3) is 5.91 Å². The molecule has 4 unspecified atom stereocenters. The van der Waals surface area contributed by atoms with Crippen LogP contribution in [0, 0.1) is 12.8 Å². The van der Waals surface area contributed by atoms with Crippen LogP contribution in [0.2, 0.25) is 0 Å². The normalized spacial score (nSPS) is 25.8. The second-order valence-corrected chi connectivity index (χ2v) is 8.88. The predicted octanol–water partition coefficient (Wildman–Crippen LogP) is 3.71. The number of rotatable bonds is 5. The molecule has 29 heavy (non-hydrogen) atoms. The number of piperidine rings is 3. The number of nitrogens with zero attached hydrogens (tertiary/aromatic N) is 3. The Bertz CT molecular complexity index is 986. The van der Waals surface area contributed by atoms with Crippen molar-refractivity contribution in [3.8, 4) is 10.6 Å². The summed E-state index contributed by atoms with van der Waals surface area (Å²) in [6, 6.07) is 10.2. The Morgan fingerprint density at radius 1 is 1.34 bits per heavy atom. The zero-order chi connectivity index (χ0) is 19.8. The number of carbonyl (C=O) groups excluding carboxylic acids is 1. The van der Waals surface area contributed by atoms with Crippen LogP contribution in [-0.2, 0) is 0 Å². The summed E-state index contributed by atoms with van der Waals surface area (Å²) in [5.74, 6) is 2.10. The second-order valence-electron chi connectivity index (χ2n) is 7.93. The molecule has 4 atom stereocenters. The van der Waals surface area contributed by atoms with Crippen molar-refractivity contribution in [2.75, 3.05) is 19.6 Å². The quantitative estimate of drug-likeness (QED) is 0.697. The number of carbonyl (C=O) groups is 1. The molecule has 3 aromatic rings. The van der Waals surface area contributed by atoms with Crippen LogP contribution in [0.3, 0.4) is 0 Å². The average Bonchev–Trinajstić information content (AvgIpc) is 3.46. The first-order valence-electron chi connectivity index (χ1n) is 10.1. The summed E-state index contributed by atoms with van der Waals surface area (Å²) in [4.78, 5) is 25.3. The van der Waals surface area contributed by atoms with Crippen LogP contribution in [0.15, 0.2) is 46.4 Å². The minimum Gasteiger partial charge on any atom is -0.459 e. The van der Waals surface area contributed by atoms with Gasteiger partial charge < -0.3 is 9.73 Å². The first kappa shape index (κ1) is 18.5. The summed E-state index contributed by atoms with van der Waals surface area (Å²) in [5.41, 5.74) is 2.19. The van der Waals surface area contributed by atoms with Gasteiger partial charge in [-0.2, -0.15) is 0 Å². The third-order valence-corrected chi connectivity index (χ3v) is 7.03. The minimum atomic E-state index is -0.138. The van der Waals surface area contributed by atoms with Crippen LogP contribution in [-0.4, -0.2) is 46.5 Å². The summed E-state index contributed by atoms with van der Waals surface area (Å²) < 4.78 is 5.19. The lowest BCUT2D eigenvalue weighted by Crippen LogP contribution is -2.56. The minimum absolute atomic E-state index is 0.138. The Hall–Kier alpha value is -2.51. The van der Waals surface area contributed by atoms with Gasteiger partial charge in [0.15, 0.2) is 5.76 Å². The van der Waals surface area contributed by atoms with Crippen molar-refractivity contribution in [1.29, 1.82) is 0 Å². The maximum atomic E-state index is 12.2. The molecule has 0 aromatic carbocycles. The molecule has 150 valence electrons. The Kier molecular flexibility index (Phi) is 4.93. The van der Waals surface area contributed by atoms with Gasteiger partial charge in [0, 0.05) is 30.7 Å². The van der Waals surface area contributed by atoms with Gasteiger partial charge in [-0.25, -0.2) is 9.97 Å². The lowest BCUT2D eigenvalue weighted by atomic mass is 9.74. The lowest BCUT2D eigenvalue weighted by molar-refractivity contribution is 0.0288. The molecular weight excluding hydrogens is 384 g/mol. The van der Waals surface area contributed by atoms with Crippen molar-refractivity contribution in [2.24, 2.45) is 5.92 Å². The van der Waals surface area contributed by atoms with Crippen molar-refractivity contribution in [3.05, 3.63) is 59.3 Å². The molecule has 1 amide bonds. The number of aryl methyl sites for hydroxylation is 1. The van der Waals surface area contributed by atoms with E-state index in [1.807, 2.05) is 6.92 Å². The monoisotopic (exact) mass is 408 g/mol. The van der Waals surface area contributed by atoms with Gasteiger partial charge >= 0.3 is 0 Å². The molecule has 1 N–H and O–H groups in total. The van der Waals surface area contributed by atoms with E-state index in [1.165, 1.54) is 17.6 Å². The van der Waals surface area contributed by atoms with Crippen molar-refractivity contribution >= 4 is 17.2 Å². The Morgan fingerprint density at radius 2 is 2.28 bits per heavy atom. The summed E-state index contributed by atoms with van der Waals surface area (Å²) in [6.45, 7) is 4.72. The summed E-state index contributed by atoms with van der Waals surface area (Å²) >= 11 is 1.72. The molecule has 3 aromatic heterocycles. The second kappa shape index (κ2) is 7.72. The SMILES string of the molecule is Cc1nc(-c2cccs2)cc(C2CN3CCC2CC3CNC(=O)c2ccco2)n1. The number of hydrogen-bond acceptors (Lipinski definition) is 6. The molecular formula is C22H24N4O2S. The summed E-state index contributed by atoms with van der Waals surface area (Å²) in [7, 11) is 0. The first-order chi connectivity index (χ1) is 14.2. The van der Waals surface area contributed by atoms with Crippen molar-refractivity contribution in [3.63, 3.8) is 0 Å². The molecule has 0 saturated carbocycles. The first-order valence-corrected chi connectivity index (χ1v) is 11.0. The molecule has 7 heteroatoms. The fourth-order valence-corrected chi connectivity index (χ4v) is 5.41. The Balaban J connectivity index is 1.29. The van der Waals surface area contributed by atoms with Gasteiger partial charge in [-0.05, 0) is 61.9 Å². The molecule has 6 rings (SSSR count). The molecule has 2 bridgehead atoms. The molecule has 3 saturated heterocycles. The number of amides is 1. The molecule has 6 nitrogen and oxygen atoms in total. The number of furan rings is 1. The molecule has 0 aliphatic carbocycles. The predicted molar refractivity (Wildman–Crippen MR) is 112 cm³/mol. The van der Waals surface area contributed by atoms with Crippen LogP contribution in [0.25, 0.3) is 10.6 Å². The van der Waals surface area contributed by atoms with Crippen molar-refractivity contribution < 1.29 is 9.21 Å². The van der Waals surface area contributed by atoms with Crippen LogP contribution in [0.4, 0.5) is 0 Å². The van der Waals surface area contributed by atoms with Crippen molar-refractivity contribution in [1.82, 2.24) is 20.2 Å². The van der Waals surface area contributed by atoms with Gasteiger partial charge in [0.05, 0.1) is 16.8 Å². The smallest absolute Gasteiger partial charge is 0.287 e. The zero-order valence-electron chi connectivity index (χ0n) is 16.4. The highest BCUT2D eigenvalue weighted by molar-refractivity contribution is 7.13. The summed E-state index contributed by atoms with van der Waals surface area (Å²) in [6.07, 6.45) is 3.80. The number of thiophene rings is 1. The molecule has 3 aliphatic heterocycles. The van der Waals surface area contributed by atoms with Crippen LogP contribution in [0.1, 0.15) is 40.8 Å². The van der Waals surface area contributed by atoms with Gasteiger partial charge in [0.2, 0.25) is 0 Å². The van der Waals surface area contributed by atoms with Crippen molar-refractivity contribution in [2.45, 2.75) is 31.7 Å². The molecule has 3 aliphatic rings. The van der Waals surface area contributed by atoms with Gasteiger partial charge in [-0.3, -0.25) is 9.69 Å². The Labute approximate surface area is 174 Å². The Morgan fingerprint density at radius 3 is 3.00 bits per heavy atom. The maximum Gasteiger partial charge on any atom is 0.287 e. The highest BCUT2D eigenvalue weighted by Crippen LogP contribution is 2.41. The largest absolute Gasteiger partial charge is 0.459 e. The number of fused-ring (bicyclic) bond motifs is 3. The molecule has 6 heterocycles. The molecule has 0 spiro atoms. The van der Waals surface area contributed by atoms with Crippen LogP contribution >= 0.6 is 11.3 Å². The van der Waals surface area contributed by atoms with E-state index in [4.69, 9.17) is 9.40 Å². The average molecular weight is 409 g/mol. The highest BCUT2D eigenvalue weighted by atomic mass is 32.1. The highest BCUT2D eigenvalue weighted by Gasteiger charge is 2.41. The number of aromatic nitrogens is 2. The topological polar surface area (TPSA) is 71.3 Å². The third-order valence-electron chi connectivity index (χ3n) is 6.13. The van der Waals surface area contributed by atoms with E-state index in [2.05, 4.69) is 38.8 Å². The van der Waals surface area contributed by atoms with E-state index in [0.717, 1.165) is 36.7 Å². The van der Waals surface area contributed by atoms with E-state index >= 15 is 0 Å². The fraction of sp³-hybridized carbons (Fsp3) is 0.409. The van der Waals surface area contributed by atoms with Gasteiger partial charge in [-0.15, -0.1) is 11.3 Å². The zero-order valence-corrected chi connectivity index (χ0v) is 17.2. The summed E-state index contributed by atoms with van der Waals surface area (Å²) in [5, 5.41) is 5.12. The van der Waals surface area contributed by atoms with E-state index in [9.17, 15) is 4.79 Å². The van der Waals surface area contributed by atoms with Gasteiger partial charge in [-0.1, -0.05) is 6.07 Å². The number of hydrogen-bond donors (Lipinski definition) is 1. The van der Waals surface area contributed by atoms with E-state index in [-0.39, 0.29) is 5.91 Å². The van der Waals surface area contributed by atoms with Crippen LogP contribution in [0.5, 0.6) is 0 Å². The van der Waals surface area contributed by atoms with E-state index in [1.54, 1.807) is 23.5 Å². The molecule has 3 fully saturated rings.